The zero-order chi connectivity index (χ0) is 25.5. The molecule has 0 aliphatic heterocycles. The number of benzene rings is 3. The number of aliphatic hydroxyl groups is 1. The summed E-state index contributed by atoms with van der Waals surface area (Å²) in [6, 6.07) is 26.1. The van der Waals surface area contributed by atoms with Crippen LogP contribution < -0.4 is 4.74 Å². The van der Waals surface area contributed by atoms with Crippen molar-refractivity contribution in [1.29, 1.82) is 0 Å². The minimum atomic E-state index is -0.509. The van der Waals surface area contributed by atoms with E-state index in [1.807, 2.05) is 65.3 Å². The number of hydrogen-bond donors (Lipinski definition) is 1. The van der Waals surface area contributed by atoms with Crippen LogP contribution in [0.3, 0.4) is 0 Å². The fourth-order valence-corrected chi connectivity index (χ4v) is 4.27. The number of rotatable bonds is 11. The van der Waals surface area contributed by atoms with E-state index in [0.29, 0.717) is 31.1 Å². The molecule has 1 atom stereocenters. The molecule has 1 aromatic heterocycles. The second-order valence-corrected chi connectivity index (χ2v) is 9.25. The van der Waals surface area contributed by atoms with Gasteiger partial charge in [-0.15, -0.1) is 0 Å². The maximum absolute atomic E-state index is 13.5. The fourth-order valence-electron chi connectivity index (χ4n) is 4.27. The van der Waals surface area contributed by atoms with Gasteiger partial charge in [-0.2, -0.15) is 5.10 Å². The van der Waals surface area contributed by atoms with Gasteiger partial charge in [0.2, 0.25) is 5.88 Å². The van der Waals surface area contributed by atoms with Gasteiger partial charge in [0.05, 0.1) is 23.0 Å². The molecule has 0 aliphatic carbocycles. The van der Waals surface area contributed by atoms with E-state index >= 15 is 0 Å². The van der Waals surface area contributed by atoms with Gasteiger partial charge in [-0.25, -0.2) is 9.07 Å². The highest BCUT2D eigenvalue weighted by atomic mass is 19.1. The third-order valence-corrected chi connectivity index (χ3v) is 6.23. The van der Waals surface area contributed by atoms with Gasteiger partial charge in [0.1, 0.15) is 11.6 Å². The van der Waals surface area contributed by atoms with Gasteiger partial charge in [-0.1, -0.05) is 55.5 Å². The average Bonchev–Trinajstić information content (AvgIpc) is 3.23. The third kappa shape index (κ3) is 6.39. The summed E-state index contributed by atoms with van der Waals surface area (Å²) in [5.41, 5.74) is 3.89. The molecule has 0 aliphatic rings. The van der Waals surface area contributed by atoms with E-state index < -0.39 is 6.10 Å². The minimum absolute atomic E-state index is 0.193. The number of aliphatic hydroxyl groups excluding tert-OH is 1. The highest BCUT2D eigenvalue weighted by Crippen LogP contribution is 2.32. The Morgan fingerprint density at radius 2 is 1.58 bits per heavy atom. The molecule has 0 amide bonds. The molecule has 36 heavy (non-hydrogen) atoms. The van der Waals surface area contributed by atoms with Gasteiger partial charge in [0.15, 0.2) is 0 Å². The van der Waals surface area contributed by atoms with Crippen LogP contribution in [0.25, 0.3) is 5.69 Å². The summed E-state index contributed by atoms with van der Waals surface area (Å²) in [4.78, 5) is 2.25. The zero-order valence-electron chi connectivity index (χ0n) is 21.1. The molecule has 1 heterocycles. The molecule has 0 radical (unpaired) electrons. The van der Waals surface area contributed by atoms with Gasteiger partial charge in [-0.05, 0) is 68.7 Å². The first-order valence-corrected chi connectivity index (χ1v) is 12.5. The minimum Gasteiger partial charge on any atom is -0.439 e. The SMILES string of the molecule is CCc1nn(-c2ccccc2)c(Oc2ccc(F)cc2)c1CN(C[C@@H](O)Cc1ccccc1)C(C)C. The van der Waals surface area contributed by atoms with Crippen molar-refractivity contribution in [1.82, 2.24) is 14.7 Å². The van der Waals surface area contributed by atoms with Crippen LogP contribution in [0.1, 0.15) is 37.6 Å². The summed E-state index contributed by atoms with van der Waals surface area (Å²) in [5, 5.41) is 15.8. The molecular formula is C30H34FN3O2. The molecule has 188 valence electrons. The van der Waals surface area contributed by atoms with Crippen molar-refractivity contribution < 1.29 is 14.2 Å². The summed E-state index contributed by atoms with van der Waals surface area (Å²) in [7, 11) is 0. The number of ether oxygens (including phenoxy) is 1. The van der Waals surface area contributed by atoms with Crippen LogP contribution in [0, 0.1) is 5.82 Å². The van der Waals surface area contributed by atoms with Crippen molar-refractivity contribution in [2.24, 2.45) is 0 Å². The second kappa shape index (κ2) is 12.0. The molecule has 3 aromatic carbocycles. The van der Waals surface area contributed by atoms with E-state index in [4.69, 9.17) is 9.84 Å². The van der Waals surface area contributed by atoms with Gasteiger partial charge >= 0.3 is 0 Å². The molecule has 4 aromatic rings. The summed E-state index contributed by atoms with van der Waals surface area (Å²) < 4.78 is 21.7. The molecule has 5 nitrogen and oxygen atoms in total. The molecule has 0 saturated carbocycles. The quantitative estimate of drug-likeness (QED) is 0.274. The van der Waals surface area contributed by atoms with E-state index in [1.54, 1.807) is 12.1 Å². The maximum atomic E-state index is 13.5. The Balaban J connectivity index is 1.67. The standard InChI is InChI=1S/C30H34FN3O2/c1-4-29-28(21-33(22(2)3)20-26(35)19-23-11-7-5-8-12-23)30(36-27-17-15-24(31)16-18-27)34(32-29)25-13-9-6-10-14-25/h5-18,22,26,35H,4,19-21H2,1-3H3/t26-/m0/s1. The lowest BCUT2D eigenvalue weighted by Gasteiger charge is -2.29. The van der Waals surface area contributed by atoms with Crippen LogP contribution in [0.15, 0.2) is 84.9 Å². The Bertz CT molecular complexity index is 1220. The third-order valence-electron chi connectivity index (χ3n) is 6.23. The second-order valence-electron chi connectivity index (χ2n) is 9.25. The first-order valence-electron chi connectivity index (χ1n) is 12.5. The predicted molar refractivity (Wildman–Crippen MR) is 141 cm³/mol. The Labute approximate surface area is 212 Å². The normalized spacial score (nSPS) is 12.3. The smallest absolute Gasteiger partial charge is 0.227 e. The summed E-state index contributed by atoms with van der Waals surface area (Å²) in [5.74, 6) is 0.831. The van der Waals surface area contributed by atoms with Gasteiger partial charge in [0.25, 0.3) is 0 Å². The molecule has 0 spiro atoms. The number of hydrogen-bond acceptors (Lipinski definition) is 4. The monoisotopic (exact) mass is 487 g/mol. The van der Waals surface area contributed by atoms with Crippen molar-refractivity contribution >= 4 is 0 Å². The van der Waals surface area contributed by atoms with Crippen LogP contribution in [-0.4, -0.2) is 38.5 Å². The topological polar surface area (TPSA) is 50.5 Å². The van der Waals surface area contributed by atoms with E-state index in [1.165, 1.54) is 12.1 Å². The average molecular weight is 488 g/mol. The highest BCUT2D eigenvalue weighted by molar-refractivity contribution is 5.43. The number of aryl methyl sites for hydroxylation is 1. The van der Waals surface area contributed by atoms with Crippen LogP contribution in [0.4, 0.5) is 4.39 Å². The first kappa shape index (κ1) is 25.6. The molecule has 0 fully saturated rings. The van der Waals surface area contributed by atoms with Crippen LogP contribution in [0.5, 0.6) is 11.6 Å². The van der Waals surface area contributed by atoms with E-state index in [9.17, 15) is 9.50 Å². The maximum Gasteiger partial charge on any atom is 0.227 e. The molecule has 0 saturated heterocycles. The highest BCUT2D eigenvalue weighted by Gasteiger charge is 2.25. The van der Waals surface area contributed by atoms with Crippen molar-refractivity contribution in [2.45, 2.75) is 52.3 Å². The van der Waals surface area contributed by atoms with Crippen LogP contribution >= 0.6 is 0 Å². The lowest BCUT2D eigenvalue weighted by Crippen LogP contribution is -2.38. The molecule has 0 bridgehead atoms. The Morgan fingerprint density at radius 1 is 0.944 bits per heavy atom. The molecule has 0 unspecified atom stereocenters. The number of halogens is 1. The van der Waals surface area contributed by atoms with E-state index in [-0.39, 0.29) is 11.9 Å². The summed E-state index contributed by atoms with van der Waals surface area (Å²) >= 11 is 0. The fraction of sp³-hybridized carbons (Fsp3) is 0.300. The molecule has 4 rings (SSSR count). The Morgan fingerprint density at radius 3 is 2.19 bits per heavy atom. The summed E-state index contributed by atoms with van der Waals surface area (Å²) in [6.45, 7) is 7.41. The Hall–Kier alpha value is -3.48. The summed E-state index contributed by atoms with van der Waals surface area (Å²) in [6.07, 6.45) is 0.811. The lowest BCUT2D eigenvalue weighted by atomic mass is 10.1. The molecular weight excluding hydrogens is 453 g/mol. The van der Waals surface area contributed by atoms with Crippen molar-refractivity contribution in [3.63, 3.8) is 0 Å². The van der Waals surface area contributed by atoms with E-state index in [2.05, 4.69) is 25.7 Å². The van der Waals surface area contributed by atoms with Crippen molar-refractivity contribution in [3.05, 3.63) is 108 Å². The number of para-hydroxylation sites is 1. The van der Waals surface area contributed by atoms with Gasteiger partial charge < -0.3 is 9.84 Å². The molecule has 6 heteroatoms. The van der Waals surface area contributed by atoms with Gasteiger partial charge in [-0.3, -0.25) is 4.90 Å². The van der Waals surface area contributed by atoms with Crippen LogP contribution in [0.2, 0.25) is 0 Å². The molecule has 1 N–H and O–H groups in total. The lowest BCUT2D eigenvalue weighted by molar-refractivity contribution is 0.0902. The zero-order valence-corrected chi connectivity index (χ0v) is 21.1. The number of nitrogens with zero attached hydrogens (tertiary/aromatic N) is 3. The predicted octanol–water partition coefficient (Wildman–Crippen LogP) is 6.18. The van der Waals surface area contributed by atoms with E-state index in [0.717, 1.165) is 28.9 Å². The van der Waals surface area contributed by atoms with Crippen molar-refractivity contribution in [2.75, 3.05) is 6.54 Å². The van der Waals surface area contributed by atoms with Gasteiger partial charge in [0, 0.05) is 19.1 Å². The first-order chi connectivity index (χ1) is 17.4. The number of aromatic nitrogens is 2. The van der Waals surface area contributed by atoms with Crippen molar-refractivity contribution in [3.8, 4) is 17.3 Å². The van der Waals surface area contributed by atoms with Crippen LogP contribution in [-0.2, 0) is 19.4 Å². The largest absolute Gasteiger partial charge is 0.439 e. The Kier molecular flexibility index (Phi) is 8.52.